The van der Waals surface area contributed by atoms with E-state index in [4.69, 9.17) is 18.9 Å². The molecular weight excluding hydrogens is 460 g/mol. The fourth-order valence-corrected chi connectivity index (χ4v) is 4.44. The van der Waals surface area contributed by atoms with Crippen molar-refractivity contribution in [3.8, 4) is 23.0 Å². The summed E-state index contributed by atoms with van der Waals surface area (Å²) >= 11 is 0. The third-order valence-corrected chi connectivity index (χ3v) is 6.56. The van der Waals surface area contributed by atoms with Crippen LogP contribution in [0.3, 0.4) is 0 Å². The molecule has 0 aromatic heterocycles. The van der Waals surface area contributed by atoms with Crippen molar-refractivity contribution < 1.29 is 32.2 Å². The first-order valence-electron chi connectivity index (χ1n) is 11.2. The zero-order chi connectivity index (χ0) is 24.7. The van der Waals surface area contributed by atoms with Crippen LogP contribution in [0.2, 0.25) is 0 Å². The van der Waals surface area contributed by atoms with Crippen LogP contribution >= 0.6 is 0 Å². The molecule has 1 heterocycles. The Morgan fingerprint density at radius 2 is 1.76 bits per heavy atom. The molecular formula is C24H32N2O7S. The predicted octanol–water partition coefficient (Wildman–Crippen LogP) is 3.19. The molecule has 1 aliphatic heterocycles. The lowest BCUT2D eigenvalue weighted by atomic mass is 10.1. The molecule has 0 saturated carbocycles. The Morgan fingerprint density at radius 1 is 1.03 bits per heavy atom. The summed E-state index contributed by atoms with van der Waals surface area (Å²) in [6.07, 6.45) is 0.720. The fraction of sp³-hybridized carbons (Fsp3) is 0.458. The first-order chi connectivity index (χ1) is 16.2. The second-order valence-electron chi connectivity index (χ2n) is 8.17. The van der Waals surface area contributed by atoms with E-state index >= 15 is 0 Å². The molecule has 0 fully saturated rings. The minimum Gasteiger partial charge on any atom is -0.493 e. The van der Waals surface area contributed by atoms with Crippen LogP contribution in [0, 0.1) is 0 Å². The van der Waals surface area contributed by atoms with E-state index in [2.05, 4.69) is 10.0 Å². The average molecular weight is 493 g/mol. The molecule has 2 N–H and O–H groups in total. The molecule has 0 bridgehead atoms. The standard InChI is InChI=1S/C24H32N2O7S/c1-16(2)33-21-8-6-18(14-22(21)30-4)17(3)26-24(27)10-11-25-34(28,29)19-7-9-20-23(15-19)32-13-5-12-31-20/h6-9,14-17,25H,5,10-13H2,1-4H3,(H,26,27). The van der Waals surface area contributed by atoms with Crippen molar-refractivity contribution in [3.05, 3.63) is 42.0 Å². The topological polar surface area (TPSA) is 112 Å². The van der Waals surface area contributed by atoms with Crippen LogP contribution in [0.25, 0.3) is 0 Å². The monoisotopic (exact) mass is 492 g/mol. The summed E-state index contributed by atoms with van der Waals surface area (Å²) in [5.74, 6) is 1.84. The van der Waals surface area contributed by atoms with E-state index in [0.29, 0.717) is 36.2 Å². The number of nitrogens with one attached hydrogen (secondary N) is 2. The van der Waals surface area contributed by atoms with Crippen molar-refractivity contribution in [2.45, 2.75) is 50.7 Å². The van der Waals surface area contributed by atoms with E-state index in [1.165, 1.54) is 12.1 Å². The van der Waals surface area contributed by atoms with Gasteiger partial charge >= 0.3 is 0 Å². The van der Waals surface area contributed by atoms with E-state index < -0.39 is 10.0 Å². The summed E-state index contributed by atoms with van der Waals surface area (Å²) in [6, 6.07) is 9.65. The molecule has 1 unspecified atom stereocenters. The van der Waals surface area contributed by atoms with Crippen LogP contribution in [0.1, 0.15) is 45.2 Å². The fourth-order valence-electron chi connectivity index (χ4n) is 3.39. The lowest BCUT2D eigenvalue weighted by molar-refractivity contribution is -0.121. The minimum atomic E-state index is -3.80. The van der Waals surface area contributed by atoms with Gasteiger partial charge in [0.25, 0.3) is 0 Å². The summed E-state index contributed by atoms with van der Waals surface area (Å²) in [5.41, 5.74) is 0.842. The van der Waals surface area contributed by atoms with Crippen molar-refractivity contribution in [3.63, 3.8) is 0 Å². The van der Waals surface area contributed by atoms with Gasteiger partial charge in [-0.25, -0.2) is 13.1 Å². The number of fused-ring (bicyclic) bond motifs is 1. The van der Waals surface area contributed by atoms with Gasteiger partial charge in [0, 0.05) is 25.5 Å². The van der Waals surface area contributed by atoms with E-state index in [9.17, 15) is 13.2 Å². The van der Waals surface area contributed by atoms with Gasteiger partial charge in [0.1, 0.15) is 0 Å². The van der Waals surface area contributed by atoms with Crippen LogP contribution in [-0.2, 0) is 14.8 Å². The molecule has 2 aromatic rings. The summed E-state index contributed by atoms with van der Waals surface area (Å²) in [6.45, 7) is 6.64. The normalized spacial score (nSPS) is 14.3. The second-order valence-corrected chi connectivity index (χ2v) is 9.94. The first-order valence-corrected chi connectivity index (χ1v) is 12.7. The smallest absolute Gasteiger partial charge is 0.240 e. The van der Waals surface area contributed by atoms with E-state index in [1.807, 2.05) is 32.9 Å². The number of ether oxygens (including phenoxy) is 4. The Bertz CT molecular complexity index is 1100. The highest BCUT2D eigenvalue weighted by Gasteiger charge is 2.19. The van der Waals surface area contributed by atoms with Crippen LogP contribution < -0.4 is 29.0 Å². The van der Waals surface area contributed by atoms with Crippen molar-refractivity contribution in [1.82, 2.24) is 10.0 Å². The summed E-state index contributed by atoms with van der Waals surface area (Å²) < 4.78 is 50.0. The van der Waals surface area contributed by atoms with Gasteiger partial charge in [-0.3, -0.25) is 4.79 Å². The second kappa shape index (κ2) is 11.4. The molecule has 3 rings (SSSR count). The number of hydrogen-bond acceptors (Lipinski definition) is 7. The first kappa shape index (κ1) is 25.6. The molecule has 0 aliphatic carbocycles. The zero-order valence-corrected chi connectivity index (χ0v) is 20.7. The molecule has 2 aromatic carbocycles. The maximum absolute atomic E-state index is 12.6. The van der Waals surface area contributed by atoms with Crippen LogP contribution in [-0.4, -0.2) is 47.3 Å². The van der Waals surface area contributed by atoms with Gasteiger partial charge < -0.3 is 24.3 Å². The van der Waals surface area contributed by atoms with Gasteiger partial charge in [-0.05, 0) is 50.6 Å². The van der Waals surface area contributed by atoms with Crippen molar-refractivity contribution in [2.75, 3.05) is 26.9 Å². The highest BCUT2D eigenvalue weighted by molar-refractivity contribution is 7.89. The van der Waals surface area contributed by atoms with Gasteiger partial charge in [-0.15, -0.1) is 0 Å². The molecule has 9 nitrogen and oxygen atoms in total. The Hall–Kier alpha value is -2.98. The Labute approximate surface area is 200 Å². The number of amides is 1. The maximum atomic E-state index is 12.6. The van der Waals surface area contributed by atoms with Crippen molar-refractivity contribution >= 4 is 15.9 Å². The summed E-state index contributed by atoms with van der Waals surface area (Å²) in [5, 5.41) is 2.87. The highest BCUT2D eigenvalue weighted by Crippen LogP contribution is 2.32. The number of methoxy groups -OCH3 is 1. The van der Waals surface area contributed by atoms with Gasteiger partial charge in [0.05, 0.1) is 37.4 Å². The van der Waals surface area contributed by atoms with Gasteiger partial charge in [-0.1, -0.05) is 6.07 Å². The highest BCUT2D eigenvalue weighted by atomic mass is 32.2. The molecule has 1 aliphatic rings. The van der Waals surface area contributed by atoms with Crippen LogP contribution in [0.15, 0.2) is 41.3 Å². The third-order valence-electron chi connectivity index (χ3n) is 5.10. The van der Waals surface area contributed by atoms with Gasteiger partial charge in [0.2, 0.25) is 15.9 Å². The molecule has 0 spiro atoms. The number of carbonyl (C=O) groups excluding carboxylic acids is 1. The number of sulfonamides is 1. The number of benzene rings is 2. The molecule has 1 amide bonds. The lowest BCUT2D eigenvalue weighted by Gasteiger charge is -2.18. The third kappa shape index (κ3) is 6.77. The quantitative estimate of drug-likeness (QED) is 0.524. The molecule has 0 saturated heterocycles. The molecule has 186 valence electrons. The summed E-state index contributed by atoms with van der Waals surface area (Å²) in [7, 11) is -2.24. The predicted molar refractivity (Wildman–Crippen MR) is 127 cm³/mol. The summed E-state index contributed by atoms with van der Waals surface area (Å²) in [4.78, 5) is 12.5. The Kier molecular flexibility index (Phi) is 8.62. The van der Waals surface area contributed by atoms with Crippen molar-refractivity contribution in [2.24, 2.45) is 0 Å². The number of carbonyl (C=O) groups is 1. The molecule has 0 radical (unpaired) electrons. The average Bonchev–Trinajstić information content (AvgIpc) is 3.03. The maximum Gasteiger partial charge on any atom is 0.240 e. The molecule has 10 heteroatoms. The Balaban J connectivity index is 1.54. The Morgan fingerprint density at radius 3 is 2.47 bits per heavy atom. The van der Waals surface area contributed by atoms with E-state index in [-0.39, 0.29) is 35.9 Å². The van der Waals surface area contributed by atoms with Crippen molar-refractivity contribution in [1.29, 1.82) is 0 Å². The van der Waals surface area contributed by atoms with Crippen LogP contribution in [0.5, 0.6) is 23.0 Å². The number of hydrogen-bond donors (Lipinski definition) is 2. The number of rotatable bonds is 10. The SMILES string of the molecule is COc1cc(C(C)NC(=O)CCNS(=O)(=O)c2ccc3c(c2)OCCCO3)ccc1OC(C)C. The van der Waals surface area contributed by atoms with Gasteiger partial charge in [0.15, 0.2) is 23.0 Å². The van der Waals surface area contributed by atoms with E-state index in [1.54, 1.807) is 19.2 Å². The minimum absolute atomic E-state index is 0.00678. The lowest BCUT2D eigenvalue weighted by Crippen LogP contribution is -2.32. The van der Waals surface area contributed by atoms with Gasteiger partial charge in [-0.2, -0.15) is 0 Å². The largest absolute Gasteiger partial charge is 0.493 e. The van der Waals surface area contributed by atoms with E-state index in [0.717, 1.165) is 12.0 Å². The van der Waals surface area contributed by atoms with Crippen LogP contribution in [0.4, 0.5) is 0 Å². The molecule has 34 heavy (non-hydrogen) atoms. The zero-order valence-electron chi connectivity index (χ0n) is 19.9. The molecule has 1 atom stereocenters.